The van der Waals surface area contributed by atoms with Crippen LogP contribution in [0, 0.1) is 23.7 Å². The van der Waals surface area contributed by atoms with E-state index in [1.54, 1.807) is 14.1 Å². The van der Waals surface area contributed by atoms with E-state index >= 15 is 0 Å². The summed E-state index contributed by atoms with van der Waals surface area (Å²) < 4.78 is 0. The first-order chi connectivity index (χ1) is 9.97. The number of hydrogen-bond acceptors (Lipinski definition) is 3. The summed E-state index contributed by atoms with van der Waals surface area (Å²) >= 11 is 0. The molecule has 0 aromatic rings. The molecule has 5 atom stereocenters. The maximum Gasteiger partial charge on any atom is 0.245 e. The Balaban J connectivity index is 1.93. The van der Waals surface area contributed by atoms with Gasteiger partial charge in [-0.2, -0.15) is 0 Å². The molecule has 0 N–H and O–H groups in total. The maximum atomic E-state index is 12.8. The minimum atomic E-state index is -0.648. The number of likely N-dealkylation sites (tertiary alicyclic amines) is 1. The molecule has 0 radical (unpaired) electrons. The molecule has 3 amide bonds. The number of nitrogens with zero attached hydrogens (tertiary/aromatic N) is 2. The molecule has 5 nitrogen and oxygen atoms in total. The van der Waals surface area contributed by atoms with E-state index < -0.39 is 6.04 Å². The number of allylic oxidation sites excluding steroid dienone is 2. The van der Waals surface area contributed by atoms with Crippen molar-refractivity contribution in [2.24, 2.45) is 23.7 Å². The molecule has 2 bridgehead atoms. The van der Waals surface area contributed by atoms with Gasteiger partial charge in [0.25, 0.3) is 0 Å². The summed E-state index contributed by atoms with van der Waals surface area (Å²) in [6, 6.07) is -0.648. The smallest absolute Gasteiger partial charge is 0.245 e. The Hall–Kier alpha value is -1.65. The topological polar surface area (TPSA) is 57.7 Å². The lowest BCUT2D eigenvalue weighted by Crippen LogP contribution is -2.49. The zero-order valence-corrected chi connectivity index (χ0v) is 12.8. The van der Waals surface area contributed by atoms with Crippen molar-refractivity contribution in [3.8, 4) is 0 Å². The SMILES string of the molecule is CC[C@H](C(=O)N(C)C)N1C(=O)[C@H]2[C@H](C1=O)[C@H]1C=C[C@H]2CC1. The lowest BCUT2D eigenvalue weighted by molar-refractivity contribution is -0.150. The second-order valence-electron chi connectivity index (χ2n) is 6.54. The third kappa shape index (κ3) is 1.93. The van der Waals surface area contributed by atoms with Gasteiger partial charge in [0, 0.05) is 14.1 Å². The van der Waals surface area contributed by atoms with Crippen molar-refractivity contribution in [2.75, 3.05) is 14.1 Å². The van der Waals surface area contributed by atoms with Gasteiger partial charge in [-0.1, -0.05) is 19.1 Å². The van der Waals surface area contributed by atoms with Crippen LogP contribution in [0.25, 0.3) is 0 Å². The molecule has 0 aromatic heterocycles. The van der Waals surface area contributed by atoms with Crippen LogP contribution in [0.2, 0.25) is 0 Å². The van der Waals surface area contributed by atoms with Crippen LogP contribution in [0.3, 0.4) is 0 Å². The summed E-state index contributed by atoms with van der Waals surface area (Å²) in [7, 11) is 3.32. The van der Waals surface area contributed by atoms with Gasteiger partial charge in [-0.3, -0.25) is 19.3 Å². The Morgan fingerprint density at radius 2 is 1.67 bits per heavy atom. The Bertz CT molecular complexity index is 494. The van der Waals surface area contributed by atoms with E-state index in [1.807, 2.05) is 6.92 Å². The maximum absolute atomic E-state index is 12.8. The van der Waals surface area contributed by atoms with Crippen molar-refractivity contribution in [1.82, 2.24) is 9.80 Å². The Labute approximate surface area is 125 Å². The number of hydrogen-bond donors (Lipinski definition) is 0. The minimum Gasteiger partial charge on any atom is -0.347 e. The number of amides is 3. The van der Waals surface area contributed by atoms with Crippen molar-refractivity contribution in [3.63, 3.8) is 0 Å². The van der Waals surface area contributed by atoms with E-state index in [0.29, 0.717) is 6.42 Å². The van der Waals surface area contributed by atoms with Gasteiger partial charge in [-0.05, 0) is 31.1 Å². The van der Waals surface area contributed by atoms with Crippen LogP contribution in [0.1, 0.15) is 26.2 Å². The number of rotatable bonds is 3. The molecule has 1 aliphatic heterocycles. The highest BCUT2D eigenvalue weighted by molar-refractivity contribution is 6.09. The summed E-state index contributed by atoms with van der Waals surface area (Å²) in [4.78, 5) is 40.6. The predicted molar refractivity (Wildman–Crippen MR) is 77.0 cm³/mol. The summed E-state index contributed by atoms with van der Waals surface area (Å²) in [5, 5.41) is 0. The average molecular weight is 290 g/mol. The first kappa shape index (κ1) is 14.3. The van der Waals surface area contributed by atoms with Crippen LogP contribution >= 0.6 is 0 Å². The molecule has 0 aromatic carbocycles. The molecule has 114 valence electrons. The van der Waals surface area contributed by atoms with Gasteiger partial charge < -0.3 is 4.90 Å². The first-order valence-electron chi connectivity index (χ1n) is 7.73. The van der Waals surface area contributed by atoms with Crippen molar-refractivity contribution in [2.45, 2.75) is 32.2 Å². The second kappa shape index (κ2) is 4.97. The van der Waals surface area contributed by atoms with Gasteiger partial charge in [0.05, 0.1) is 11.8 Å². The van der Waals surface area contributed by atoms with Crippen molar-refractivity contribution in [1.29, 1.82) is 0 Å². The standard InChI is InChI=1S/C16H22N2O3/c1-4-11(14(19)17(2)3)18-15(20)12-9-5-6-10(8-7-9)13(12)16(18)21/h5-6,9-13H,4,7-8H2,1-3H3/t9-,10-,11+,12+,13+/m0/s1. The van der Waals surface area contributed by atoms with Gasteiger partial charge in [0.15, 0.2) is 0 Å². The number of fused-ring (bicyclic) bond motifs is 1. The van der Waals surface area contributed by atoms with E-state index in [2.05, 4.69) is 12.2 Å². The molecular weight excluding hydrogens is 268 g/mol. The summed E-state index contributed by atoms with van der Waals surface area (Å²) in [6.45, 7) is 1.85. The molecule has 4 rings (SSSR count). The highest BCUT2D eigenvalue weighted by atomic mass is 16.2. The second-order valence-corrected chi connectivity index (χ2v) is 6.54. The van der Waals surface area contributed by atoms with Crippen LogP contribution in [-0.2, 0) is 14.4 Å². The molecule has 1 heterocycles. The zero-order valence-electron chi connectivity index (χ0n) is 12.8. The average Bonchev–Trinajstić information content (AvgIpc) is 2.76. The first-order valence-corrected chi connectivity index (χ1v) is 7.73. The van der Waals surface area contributed by atoms with Gasteiger partial charge in [-0.25, -0.2) is 0 Å². The highest BCUT2D eigenvalue weighted by Crippen LogP contribution is 2.50. The monoisotopic (exact) mass is 290 g/mol. The van der Waals surface area contributed by atoms with Crippen LogP contribution in [-0.4, -0.2) is 47.7 Å². The molecule has 2 fully saturated rings. The largest absolute Gasteiger partial charge is 0.347 e. The molecular formula is C16H22N2O3. The summed E-state index contributed by atoms with van der Waals surface area (Å²) in [5.74, 6) is -0.548. The van der Waals surface area contributed by atoms with Crippen LogP contribution < -0.4 is 0 Å². The number of carbonyl (C=O) groups is 3. The molecule has 1 saturated heterocycles. The molecule has 3 aliphatic carbocycles. The van der Waals surface area contributed by atoms with Crippen LogP contribution in [0.5, 0.6) is 0 Å². The molecule has 0 unspecified atom stereocenters. The minimum absolute atomic E-state index is 0.133. The zero-order chi connectivity index (χ0) is 15.3. The highest BCUT2D eigenvalue weighted by Gasteiger charge is 2.58. The summed E-state index contributed by atoms with van der Waals surface area (Å²) in [6.07, 6.45) is 6.62. The third-order valence-corrected chi connectivity index (χ3v) is 5.22. The third-order valence-electron chi connectivity index (χ3n) is 5.22. The molecule has 0 spiro atoms. The fourth-order valence-corrected chi connectivity index (χ4v) is 4.17. The van der Waals surface area contributed by atoms with Crippen molar-refractivity contribution >= 4 is 17.7 Å². The number of imide groups is 1. The van der Waals surface area contributed by atoms with Gasteiger partial charge in [0.2, 0.25) is 17.7 Å². The van der Waals surface area contributed by atoms with Crippen LogP contribution in [0.4, 0.5) is 0 Å². The fourth-order valence-electron chi connectivity index (χ4n) is 4.17. The van der Waals surface area contributed by atoms with E-state index in [9.17, 15) is 14.4 Å². The number of likely N-dealkylation sites (N-methyl/N-ethyl adjacent to an activating group) is 1. The Kier molecular flexibility index (Phi) is 3.38. The van der Waals surface area contributed by atoms with Gasteiger partial charge in [0.1, 0.15) is 6.04 Å². The molecule has 4 aliphatic rings. The molecule has 21 heavy (non-hydrogen) atoms. The van der Waals surface area contributed by atoms with Gasteiger partial charge >= 0.3 is 0 Å². The van der Waals surface area contributed by atoms with E-state index in [-0.39, 0.29) is 41.4 Å². The lowest BCUT2D eigenvalue weighted by Gasteiger charge is -2.38. The number of carbonyl (C=O) groups excluding carboxylic acids is 3. The van der Waals surface area contributed by atoms with E-state index in [1.165, 1.54) is 9.80 Å². The van der Waals surface area contributed by atoms with E-state index in [0.717, 1.165) is 12.8 Å². The lowest BCUT2D eigenvalue weighted by atomic mass is 9.63. The predicted octanol–water partition coefficient (Wildman–Crippen LogP) is 1.05. The quantitative estimate of drug-likeness (QED) is 0.576. The van der Waals surface area contributed by atoms with E-state index in [4.69, 9.17) is 0 Å². The Morgan fingerprint density at radius 1 is 1.19 bits per heavy atom. The Morgan fingerprint density at radius 3 is 2.00 bits per heavy atom. The van der Waals surface area contributed by atoms with Crippen molar-refractivity contribution in [3.05, 3.63) is 12.2 Å². The molecule has 1 saturated carbocycles. The summed E-state index contributed by atoms with van der Waals surface area (Å²) in [5.41, 5.74) is 0. The molecule has 5 heteroatoms. The van der Waals surface area contributed by atoms with Crippen molar-refractivity contribution < 1.29 is 14.4 Å². The van der Waals surface area contributed by atoms with Crippen LogP contribution in [0.15, 0.2) is 12.2 Å². The normalized spacial score (nSPS) is 35.1. The van der Waals surface area contributed by atoms with Gasteiger partial charge in [-0.15, -0.1) is 0 Å². The fraction of sp³-hybridized carbons (Fsp3) is 0.688.